The normalized spacial score (nSPS) is 10.5. The molecule has 0 aliphatic carbocycles. The van der Waals surface area contributed by atoms with Crippen LogP contribution < -0.4 is 0 Å². The van der Waals surface area contributed by atoms with Crippen molar-refractivity contribution in [2.24, 2.45) is 0 Å². The lowest BCUT2D eigenvalue weighted by molar-refractivity contribution is 0.0473. The van der Waals surface area contributed by atoms with Crippen LogP contribution in [0.3, 0.4) is 0 Å². The van der Waals surface area contributed by atoms with Gasteiger partial charge in [0.25, 0.3) is 0 Å². The van der Waals surface area contributed by atoms with Crippen LogP contribution in [0.4, 0.5) is 0 Å². The minimum atomic E-state index is -0.399. The number of furan rings is 1. The Morgan fingerprint density at radius 2 is 1.30 bits per heavy atom. The van der Waals surface area contributed by atoms with Crippen molar-refractivity contribution in [2.75, 3.05) is 0 Å². The van der Waals surface area contributed by atoms with Crippen LogP contribution in [0.1, 0.15) is 15.9 Å². The predicted octanol–water partition coefficient (Wildman–Crippen LogP) is 5.97. The zero-order chi connectivity index (χ0) is 18.5. The van der Waals surface area contributed by atoms with Crippen molar-refractivity contribution in [3.63, 3.8) is 0 Å². The first-order valence-corrected chi connectivity index (χ1v) is 8.77. The van der Waals surface area contributed by atoms with E-state index in [1.807, 2.05) is 91.0 Å². The molecular formula is C24H18O3. The van der Waals surface area contributed by atoms with Gasteiger partial charge in [-0.1, -0.05) is 91.0 Å². The average molecular weight is 354 g/mol. The number of rotatable bonds is 5. The quantitative estimate of drug-likeness (QED) is 0.414. The van der Waals surface area contributed by atoms with Gasteiger partial charge in [0, 0.05) is 11.1 Å². The molecule has 0 saturated carbocycles. The Hall–Kier alpha value is -3.59. The van der Waals surface area contributed by atoms with E-state index in [9.17, 15) is 4.79 Å². The standard InChI is InChI=1S/C24H18O3/c25-24(26-17-18-10-4-1-5-11-18)21-16-22(19-12-6-2-7-13-19)27-23(21)20-14-8-3-9-15-20/h1-16H,17H2. The minimum absolute atomic E-state index is 0.222. The summed E-state index contributed by atoms with van der Waals surface area (Å²) < 4.78 is 11.6. The van der Waals surface area contributed by atoms with E-state index in [2.05, 4.69) is 0 Å². The summed E-state index contributed by atoms with van der Waals surface area (Å²) in [5.41, 5.74) is 3.12. The molecule has 1 heterocycles. The third-order valence-corrected chi connectivity index (χ3v) is 4.26. The molecule has 3 heteroatoms. The van der Waals surface area contributed by atoms with Gasteiger partial charge in [-0.3, -0.25) is 0 Å². The predicted molar refractivity (Wildman–Crippen MR) is 105 cm³/mol. The summed E-state index contributed by atoms with van der Waals surface area (Å²) in [6.07, 6.45) is 0. The van der Waals surface area contributed by atoms with Crippen molar-refractivity contribution in [1.29, 1.82) is 0 Å². The molecular weight excluding hydrogens is 336 g/mol. The molecule has 0 N–H and O–H groups in total. The van der Waals surface area contributed by atoms with E-state index in [1.165, 1.54) is 0 Å². The Morgan fingerprint density at radius 1 is 0.741 bits per heavy atom. The second-order valence-corrected chi connectivity index (χ2v) is 6.15. The minimum Gasteiger partial charge on any atom is -0.457 e. The lowest BCUT2D eigenvalue weighted by Crippen LogP contribution is -2.05. The molecule has 0 atom stereocenters. The lowest BCUT2D eigenvalue weighted by atomic mass is 10.1. The largest absolute Gasteiger partial charge is 0.457 e. The maximum Gasteiger partial charge on any atom is 0.342 e. The second kappa shape index (κ2) is 7.75. The van der Waals surface area contributed by atoms with Gasteiger partial charge in [-0.15, -0.1) is 0 Å². The first-order chi connectivity index (χ1) is 13.3. The lowest BCUT2D eigenvalue weighted by Gasteiger charge is -2.05. The van der Waals surface area contributed by atoms with Gasteiger partial charge in [-0.2, -0.15) is 0 Å². The number of carbonyl (C=O) groups is 1. The Labute approximate surface area is 157 Å². The Morgan fingerprint density at radius 3 is 1.93 bits per heavy atom. The first-order valence-electron chi connectivity index (χ1n) is 8.77. The molecule has 3 aromatic carbocycles. The Balaban J connectivity index is 1.67. The molecule has 4 rings (SSSR count). The fourth-order valence-corrected chi connectivity index (χ4v) is 2.89. The number of benzene rings is 3. The van der Waals surface area contributed by atoms with Gasteiger partial charge >= 0.3 is 5.97 Å². The van der Waals surface area contributed by atoms with Crippen molar-refractivity contribution in [3.8, 4) is 22.6 Å². The molecule has 132 valence electrons. The Kier molecular flexibility index (Phi) is 4.84. The molecule has 27 heavy (non-hydrogen) atoms. The summed E-state index contributed by atoms with van der Waals surface area (Å²) in [6.45, 7) is 0.222. The van der Waals surface area contributed by atoms with Crippen LogP contribution in [0.15, 0.2) is 101 Å². The maximum absolute atomic E-state index is 12.8. The van der Waals surface area contributed by atoms with E-state index in [4.69, 9.17) is 9.15 Å². The van der Waals surface area contributed by atoms with Crippen molar-refractivity contribution in [1.82, 2.24) is 0 Å². The number of esters is 1. The van der Waals surface area contributed by atoms with E-state index in [0.29, 0.717) is 17.1 Å². The summed E-state index contributed by atoms with van der Waals surface area (Å²) in [5.74, 6) is 0.761. The summed E-state index contributed by atoms with van der Waals surface area (Å²) >= 11 is 0. The zero-order valence-electron chi connectivity index (χ0n) is 14.7. The summed E-state index contributed by atoms with van der Waals surface area (Å²) in [4.78, 5) is 12.8. The van der Waals surface area contributed by atoms with E-state index >= 15 is 0 Å². The third-order valence-electron chi connectivity index (χ3n) is 4.26. The maximum atomic E-state index is 12.8. The summed E-state index contributed by atoms with van der Waals surface area (Å²) in [7, 11) is 0. The van der Waals surface area contributed by atoms with Gasteiger partial charge < -0.3 is 9.15 Å². The van der Waals surface area contributed by atoms with Crippen molar-refractivity contribution < 1.29 is 13.9 Å². The second-order valence-electron chi connectivity index (χ2n) is 6.15. The molecule has 3 nitrogen and oxygen atoms in total. The Bertz CT molecular complexity index is 1020. The van der Waals surface area contributed by atoms with E-state index < -0.39 is 5.97 Å². The van der Waals surface area contributed by atoms with Crippen LogP contribution in [-0.4, -0.2) is 5.97 Å². The van der Waals surface area contributed by atoms with Gasteiger partial charge in [-0.25, -0.2) is 4.79 Å². The van der Waals surface area contributed by atoms with Crippen LogP contribution in [0.25, 0.3) is 22.6 Å². The SMILES string of the molecule is O=C(OCc1ccccc1)c1cc(-c2ccccc2)oc1-c1ccccc1. The van der Waals surface area contributed by atoms with Crippen molar-refractivity contribution >= 4 is 5.97 Å². The van der Waals surface area contributed by atoms with Crippen molar-refractivity contribution in [3.05, 3.63) is 108 Å². The molecule has 0 fully saturated rings. The van der Waals surface area contributed by atoms with Crippen molar-refractivity contribution in [2.45, 2.75) is 6.61 Å². The summed E-state index contributed by atoms with van der Waals surface area (Å²) in [5, 5.41) is 0. The molecule has 0 saturated heterocycles. The highest BCUT2D eigenvalue weighted by atomic mass is 16.5. The molecule has 0 unspecified atom stereocenters. The van der Waals surface area contributed by atoms with Crippen LogP contribution in [-0.2, 0) is 11.3 Å². The smallest absolute Gasteiger partial charge is 0.342 e. The molecule has 0 aliphatic heterocycles. The van der Waals surface area contributed by atoms with Crippen LogP contribution in [0.2, 0.25) is 0 Å². The fourth-order valence-electron chi connectivity index (χ4n) is 2.89. The molecule has 0 spiro atoms. The number of hydrogen-bond acceptors (Lipinski definition) is 3. The van der Waals surface area contributed by atoms with Crippen LogP contribution in [0, 0.1) is 0 Å². The first kappa shape index (κ1) is 16.9. The number of carbonyl (C=O) groups excluding carboxylic acids is 1. The highest BCUT2D eigenvalue weighted by Gasteiger charge is 2.21. The average Bonchev–Trinajstić information content (AvgIpc) is 3.20. The molecule has 4 aromatic rings. The van der Waals surface area contributed by atoms with E-state index in [0.717, 1.165) is 16.7 Å². The molecule has 0 aliphatic rings. The highest BCUT2D eigenvalue weighted by Crippen LogP contribution is 2.33. The molecule has 0 bridgehead atoms. The molecule has 0 amide bonds. The summed E-state index contributed by atoms with van der Waals surface area (Å²) in [6, 6.07) is 30.7. The van der Waals surface area contributed by atoms with Gasteiger partial charge in [0.2, 0.25) is 0 Å². The molecule has 0 radical (unpaired) electrons. The van der Waals surface area contributed by atoms with E-state index in [-0.39, 0.29) is 6.61 Å². The topological polar surface area (TPSA) is 39.4 Å². The van der Waals surface area contributed by atoms with Gasteiger partial charge in [0.1, 0.15) is 23.7 Å². The highest BCUT2D eigenvalue weighted by molar-refractivity contribution is 5.97. The van der Waals surface area contributed by atoms with Gasteiger partial charge in [0.15, 0.2) is 0 Å². The third kappa shape index (κ3) is 3.82. The van der Waals surface area contributed by atoms with Gasteiger partial charge in [0.05, 0.1) is 0 Å². The fraction of sp³-hybridized carbons (Fsp3) is 0.0417. The number of ether oxygens (including phenoxy) is 1. The zero-order valence-corrected chi connectivity index (χ0v) is 14.7. The van der Waals surface area contributed by atoms with Crippen LogP contribution >= 0.6 is 0 Å². The monoisotopic (exact) mass is 354 g/mol. The molecule has 1 aromatic heterocycles. The van der Waals surface area contributed by atoms with E-state index in [1.54, 1.807) is 6.07 Å². The van der Waals surface area contributed by atoms with Crippen LogP contribution in [0.5, 0.6) is 0 Å². The van der Waals surface area contributed by atoms with Gasteiger partial charge in [-0.05, 0) is 11.6 Å². The number of hydrogen-bond donors (Lipinski definition) is 0.